The van der Waals surface area contributed by atoms with Gasteiger partial charge in [0.1, 0.15) is 11.7 Å². The number of nitrogens with one attached hydrogen (secondary N) is 3. The summed E-state index contributed by atoms with van der Waals surface area (Å²) in [4.78, 5) is 20.5. The molecular weight excluding hydrogens is 941 g/mol. The summed E-state index contributed by atoms with van der Waals surface area (Å²) in [6.45, 7) is 5.86. The quantitative estimate of drug-likeness (QED) is 0.0508. The molecule has 12 heteroatoms. The van der Waals surface area contributed by atoms with E-state index in [1.54, 1.807) is 20.2 Å². The number of likely N-dealkylation sites (N-methyl/N-ethyl adjacent to an activating group) is 1. The number of phenolic OH excluding ortho intramolecular Hbond substituents is 1. The standard InChI is InChI=1S/C63H88N4O8/c1-6-8-9-10-31-73-58(71)35-45-40-61(41-64-3)39-44(45)16-15-32-74-59-53-36-47(37-56(59)75-61)63-28-12-20-51(63)49(19-14-30-68)48-23-21-42(7-2)33-50(48)52(63)24-26-57(70)62(38-43-22-25-54(69)55(34-43)72-5)27-11-17-46(62)18-13-29-66-60(65-4)67-53/h22,24-26,34,36-37,42,44-46,48-52,58,64,68-69,71H,6-12,14,16-21,23,27-28,30-31,33,35,38-41H2,1-5H3,(H2,65,66,67)/b26-24+/t42-,44+,45-,46+,48-,49-,50+,51-,52-,58+,61-,62+,63+/m1/s1. The molecule has 13 atom stereocenters. The highest BCUT2D eigenvalue weighted by Gasteiger charge is 2.61. The molecule has 12 nitrogen and oxygen atoms in total. The minimum Gasteiger partial charge on any atom is -0.504 e. The molecule has 0 aromatic heterocycles. The molecule has 408 valence electrons. The van der Waals surface area contributed by atoms with Gasteiger partial charge in [0.25, 0.3) is 0 Å². The van der Waals surface area contributed by atoms with Gasteiger partial charge in [0.05, 0.1) is 12.8 Å². The molecule has 9 rings (SSSR count). The number of unbranched alkanes of at least 4 members (excludes halogenated alkanes) is 3. The summed E-state index contributed by atoms with van der Waals surface area (Å²) in [5, 5.41) is 42.9. The number of aliphatic hydroxyl groups is 2. The number of guanidine groups is 1. The van der Waals surface area contributed by atoms with E-state index in [4.69, 9.17) is 23.9 Å². The van der Waals surface area contributed by atoms with Gasteiger partial charge in [-0.25, -0.2) is 0 Å². The first-order chi connectivity index (χ1) is 36.5. The zero-order chi connectivity index (χ0) is 52.6. The SMILES string of the molecule is CCCCCCO[C@H](O)C[C@@H]1C[C@@]2(CNC)C[C@@H]1CC#COc1c3cc(cc1O2)[C@@]12CCC[C@@H]1[C@H](CCCO)[C@H]1CC[C@@H](CC)C[C@@H]1[C@H]2/C=C/C(=O)[C@]1(Cc2ccc(O)c(OC)c2)CCC[C@H]1CC#CNC(=NC)N3. The number of hydrogen-bond donors (Lipinski definition) is 6. The van der Waals surface area contributed by atoms with Crippen molar-refractivity contribution in [2.24, 2.45) is 63.7 Å². The van der Waals surface area contributed by atoms with Gasteiger partial charge in [0.2, 0.25) is 11.7 Å². The number of ketones is 1. The molecule has 5 fully saturated rings. The fourth-order valence-electron chi connectivity index (χ4n) is 16.4. The highest BCUT2D eigenvalue weighted by Crippen LogP contribution is 2.67. The lowest BCUT2D eigenvalue weighted by molar-refractivity contribution is -0.125. The van der Waals surface area contributed by atoms with Crippen LogP contribution in [-0.2, 0) is 21.4 Å². The highest BCUT2D eigenvalue weighted by atomic mass is 16.6. The summed E-state index contributed by atoms with van der Waals surface area (Å²) < 4.78 is 25.9. The second kappa shape index (κ2) is 24.7. The molecule has 0 radical (unpaired) electrons. The Hall–Kier alpha value is -4.72. The highest BCUT2D eigenvalue weighted by molar-refractivity contribution is 5.97. The number of aromatic hydroxyl groups is 1. The molecular formula is C63H88N4O8. The average Bonchev–Trinajstić information content (AvgIpc) is 4.13. The monoisotopic (exact) mass is 1030 g/mol. The first-order valence-corrected chi connectivity index (χ1v) is 29.2. The number of aliphatic hydroxyl groups excluding tert-OH is 2. The molecule has 2 aromatic rings. The number of carbonyl (C=O) groups is 1. The summed E-state index contributed by atoms with van der Waals surface area (Å²) in [6.07, 6.45) is 26.7. The zero-order valence-electron chi connectivity index (χ0n) is 45.8. The minimum atomic E-state index is -0.863. The topological polar surface area (TPSA) is 163 Å². The number of rotatable bonds is 17. The molecule has 5 saturated carbocycles. The van der Waals surface area contributed by atoms with Crippen molar-refractivity contribution in [3.05, 3.63) is 53.6 Å². The van der Waals surface area contributed by atoms with Gasteiger partial charge >= 0.3 is 0 Å². The van der Waals surface area contributed by atoms with Gasteiger partial charge in [-0.1, -0.05) is 82.8 Å². The molecule has 0 unspecified atom stereocenters. The van der Waals surface area contributed by atoms with E-state index in [0.29, 0.717) is 104 Å². The van der Waals surface area contributed by atoms with Crippen molar-refractivity contribution >= 4 is 17.4 Å². The maximum absolute atomic E-state index is 15.8. The molecule has 6 N–H and O–H groups in total. The lowest BCUT2D eigenvalue weighted by Crippen LogP contribution is -2.55. The molecule has 2 aromatic carbocycles. The Kier molecular flexibility index (Phi) is 18.2. The molecule has 5 aliphatic carbocycles. The van der Waals surface area contributed by atoms with E-state index in [9.17, 15) is 15.3 Å². The third-order valence-electron chi connectivity index (χ3n) is 19.7. The summed E-state index contributed by atoms with van der Waals surface area (Å²) >= 11 is 0. The van der Waals surface area contributed by atoms with E-state index >= 15 is 4.79 Å². The molecule has 0 amide bonds. The Balaban J connectivity index is 1.20. The lowest BCUT2D eigenvalue weighted by atomic mass is 9.45. The maximum Gasteiger partial charge on any atom is 0.207 e. The molecule has 7 aliphatic rings. The number of benzene rings is 2. The third-order valence-corrected chi connectivity index (χ3v) is 19.7. The number of nitrogens with zero attached hydrogens (tertiary/aromatic N) is 1. The Bertz CT molecular complexity index is 2490. The number of hydrogen-bond acceptors (Lipinski definition) is 10. The second-order valence-electron chi connectivity index (χ2n) is 23.8. The summed E-state index contributed by atoms with van der Waals surface area (Å²) in [5.74, 6) is 11.5. The van der Waals surface area contributed by atoms with Crippen molar-refractivity contribution in [2.75, 3.05) is 46.3 Å². The van der Waals surface area contributed by atoms with Crippen molar-refractivity contribution in [3.63, 3.8) is 0 Å². The van der Waals surface area contributed by atoms with E-state index in [2.05, 4.69) is 72.0 Å². The number of allylic oxidation sites excluding steroid dienone is 2. The molecule has 4 bridgehead atoms. The summed E-state index contributed by atoms with van der Waals surface area (Å²) in [6, 6.07) is 13.3. The van der Waals surface area contributed by atoms with E-state index in [-0.39, 0.29) is 47.2 Å². The number of methoxy groups -OCH3 is 1. The molecule has 75 heavy (non-hydrogen) atoms. The molecule has 0 saturated heterocycles. The average molecular weight is 1030 g/mol. The number of fused-ring (bicyclic) bond motifs is 9. The van der Waals surface area contributed by atoms with Gasteiger partial charge in [0, 0.05) is 62.9 Å². The van der Waals surface area contributed by atoms with E-state index < -0.39 is 17.3 Å². The van der Waals surface area contributed by atoms with Crippen molar-refractivity contribution < 1.29 is 39.1 Å². The van der Waals surface area contributed by atoms with E-state index in [1.165, 1.54) is 18.4 Å². The van der Waals surface area contributed by atoms with Crippen LogP contribution in [0.15, 0.2) is 47.5 Å². The van der Waals surface area contributed by atoms with E-state index in [0.717, 1.165) is 102 Å². The van der Waals surface area contributed by atoms with Crippen molar-refractivity contribution in [1.29, 1.82) is 0 Å². The van der Waals surface area contributed by atoms with Crippen molar-refractivity contribution in [2.45, 2.75) is 172 Å². The van der Waals surface area contributed by atoms with Gasteiger partial charge in [-0.2, -0.15) is 0 Å². The lowest BCUT2D eigenvalue weighted by Gasteiger charge is -2.59. The maximum atomic E-state index is 15.8. The van der Waals surface area contributed by atoms with Gasteiger partial charge in [-0.15, -0.1) is 0 Å². The van der Waals surface area contributed by atoms with Gasteiger partial charge in [0.15, 0.2) is 29.3 Å². The van der Waals surface area contributed by atoms with E-state index in [1.807, 2.05) is 25.3 Å². The van der Waals surface area contributed by atoms with Crippen LogP contribution in [0.3, 0.4) is 0 Å². The van der Waals surface area contributed by atoms with Gasteiger partial charge in [-0.05, 0) is 179 Å². The van der Waals surface area contributed by atoms with Crippen LogP contribution in [0.1, 0.15) is 160 Å². The fourth-order valence-corrected chi connectivity index (χ4v) is 16.4. The third kappa shape index (κ3) is 11.5. The Morgan fingerprint density at radius 2 is 1.87 bits per heavy atom. The van der Waals surface area contributed by atoms with Crippen LogP contribution in [0.2, 0.25) is 0 Å². The number of ether oxygens (including phenoxy) is 4. The number of carbonyl (C=O) groups excluding carboxylic acids is 1. The number of phenols is 1. The number of anilines is 1. The Labute approximate surface area is 448 Å². The van der Waals surface area contributed by atoms with Crippen LogP contribution in [0.4, 0.5) is 5.69 Å². The van der Waals surface area contributed by atoms with Crippen molar-refractivity contribution in [1.82, 2.24) is 10.6 Å². The van der Waals surface area contributed by atoms with Crippen LogP contribution in [0.25, 0.3) is 0 Å². The summed E-state index contributed by atoms with van der Waals surface area (Å²) in [5.41, 5.74) is 1.12. The van der Waals surface area contributed by atoms with Crippen LogP contribution in [0, 0.1) is 82.7 Å². The summed E-state index contributed by atoms with van der Waals surface area (Å²) in [7, 11) is 5.30. The molecule has 2 heterocycles. The smallest absolute Gasteiger partial charge is 0.207 e. The predicted octanol–water partition coefficient (Wildman–Crippen LogP) is 10.8. The zero-order valence-corrected chi connectivity index (χ0v) is 45.8. The number of aliphatic imine (C=N–C) groups is 1. The van der Waals surface area contributed by atoms with Crippen LogP contribution < -0.4 is 30.2 Å². The predicted molar refractivity (Wildman–Crippen MR) is 295 cm³/mol. The first-order valence-electron chi connectivity index (χ1n) is 29.2. The van der Waals surface area contributed by atoms with Crippen molar-refractivity contribution in [3.8, 4) is 47.0 Å². The Morgan fingerprint density at radius 1 is 1.00 bits per heavy atom. The normalized spacial score (nSPS) is 34.2. The molecule has 1 spiro atoms. The van der Waals surface area contributed by atoms with Crippen LogP contribution >= 0.6 is 0 Å². The first kappa shape index (κ1) is 55.0. The van der Waals surface area contributed by atoms with Gasteiger partial charge < -0.3 is 44.9 Å². The largest absolute Gasteiger partial charge is 0.504 e. The fraction of sp³-hybridized carbons (Fsp3) is 0.683. The minimum absolute atomic E-state index is 0.0107. The van der Waals surface area contributed by atoms with Gasteiger partial charge in [-0.3, -0.25) is 15.1 Å². The van der Waals surface area contributed by atoms with Crippen LogP contribution in [-0.4, -0.2) is 79.9 Å². The molecule has 2 aliphatic heterocycles. The Morgan fingerprint density at radius 3 is 2.67 bits per heavy atom. The van der Waals surface area contributed by atoms with Crippen LogP contribution in [0.5, 0.6) is 23.0 Å². The second-order valence-corrected chi connectivity index (χ2v) is 23.8.